The average Bonchev–Trinajstić information content (AvgIpc) is 2.42. The van der Waals surface area contributed by atoms with Crippen molar-refractivity contribution < 1.29 is 9.53 Å². The maximum atomic E-state index is 11.5. The SMILES string of the molecule is CC(C)C(=O)Nc1ccc(Oc2cnccn2)cc1. The molecule has 0 aliphatic rings. The number of amides is 1. The highest BCUT2D eigenvalue weighted by atomic mass is 16.5. The molecule has 0 unspecified atom stereocenters. The summed E-state index contributed by atoms with van der Waals surface area (Å²) in [5, 5.41) is 2.81. The molecule has 5 nitrogen and oxygen atoms in total. The molecule has 1 heterocycles. The molecule has 0 bridgehead atoms. The topological polar surface area (TPSA) is 64.1 Å². The zero-order valence-electron chi connectivity index (χ0n) is 10.8. The van der Waals surface area contributed by atoms with Gasteiger partial charge in [0.05, 0.1) is 6.20 Å². The van der Waals surface area contributed by atoms with Crippen LogP contribution in [0.25, 0.3) is 0 Å². The molecule has 0 atom stereocenters. The number of nitrogens with zero attached hydrogens (tertiary/aromatic N) is 2. The number of aromatic nitrogens is 2. The number of hydrogen-bond acceptors (Lipinski definition) is 4. The lowest BCUT2D eigenvalue weighted by atomic mass is 10.2. The number of ether oxygens (including phenoxy) is 1. The van der Waals surface area contributed by atoms with E-state index in [1.807, 2.05) is 13.8 Å². The van der Waals surface area contributed by atoms with Gasteiger partial charge >= 0.3 is 0 Å². The summed E-state index contributed by atoms with van der Waals surface area (Å²) in [5.74, 6) is 1.02. The van der Waals surface area contributed by atoms with Gasteiger partial charge in [0.2, 0.25) is 11.8 Å². The Balaban J connectivity index is 2.01. The predicted octanol–water partition coefficient (Wildman–Crippen LogP) is 2.86. The van der Waals surface area contributed by atoms with Crippen molar-refractivity contribution >= 4 is 11.6 Å². The van der Waals surface area contributed by atoms with Crippen molar-refractivity contribution in [2.24, 2.45) is 5.92 Å². The molecule has 1 amide bonds. The summed E-state index contributed by atoms with van der Waals surface area (Å²) in [6.45, 7) is 3.70. The number of hydrogen-bond donors (Lipinski definition) is 1. The summed E-state index contributed by atoms with van der Waals surface area (Å²) in [5.41, 5.74) is 0.741. The first-order valence-corrected chi connectivity index (χ1v) is 6.00. The number of carbonyl (C=O) groups excluding carboxylic acids is 1. The quantitative estimate of drug-likeness (QED) is 0.914. The van der Waals surface area contributed by atoms with Gasteiger partial charge in [-0.15, -0.1) is 0 Å². The van der Waals surface area contributed by atoms with E-state index in [0.717, 1.165) is 5.69 Å². The van der Waals surface area contributed by atoms with E-state index < -0.39 is 0 Å². The standard InChI is InChI=1S/C14H15N3O2/c1-10(2)14(18)17-11-3-5-12(6-4-11)19-13-9-15-7-8-16-13/h3-10H,1-2H3,(H,17,18). The zero-order valence-corrected chi connectivity index (χ0v) is 10.8. The molecule has 1 N–H and O–H groups in total. The lowest BCUT2D eigenvalue weighted by Gasteiger charge is -2.08. The van der Waals surface area contributed by atoms with Crippen molar-refractivity contribution in [2.75, 3.05) is 5.32 Å². The average molecular weight is 257 g/mol. The molecule has 19 heavy (non-hydrogen) atoms. The van der Waals surface area contributed by atoms with Crippen LogP contribution in [0.2, 0.25) is 0 Å². The van der Waals surface area contributed by atoms with Crippen LogP contribution in [0, 0.1) is 5.92 Å². The summed E-state index contributed by atoms with van der Waals surface area (Å²) in [4.78, 5) is 19.5. The van der Waals surface area contributed by atoms with Crippen LogP contribution in [-0.4, -0.2) is 15.9 Å². The van der Waals surface area contributed by atoms with Gasteiger partial charge in [0.1, 0.15) is 5.75 Å². The molecular formula is C14H15N3O2. The van der Waals surface area contributed by atoms with E-state index in [4.69, 9.17) is 4.74 Å². The third-order valence-corrected chi connectivity index (χ3v) is 2.41. The minimum Gasteiger partial charge on any atom is -0.438 e. The van der Waals surface area contributed by atoms with E-state index in [1.165, 1.54) is 6.20 Å². The van der Waals surface area contributed by atoms with Crippen LogP contribution in [-0.2, 0) is 4.79 Å². The van der Waals surface area contributed by atoms with Gasteiger partial charge in [-0.1, -0.05) is 13.8 Å². The van der Waals surface area contributed by atoms with Crippen molar-refractivity contribution in [3.05, 3.63) is 42.9 Å². The first-order chi connectivity index (χ1) is 9.15. The van der Waals surface area contributed by atoms with Gasteiger partial charge in [-0.05, 0) is 24.3 Å². The Morgan fingerprint density at radius 2 is 1.95 bits per heavy atom. The van der Waals surface area contributed by atoms with Crippen LogP contribution in [0.1, 0.15) is 13.8 Å². The van der Waals surface area contributed by atoms with Crippen molar-refractivity contribution in [3.63, 3.8) is 0 Å². The van der Waals surface area contributed by atoms with E-state index in [2.05, 4.69) is 15.3 Å². The Hall–Kier alpha value is -2.43. The summed E-state index contributed by atoms with van der Waals surface area (Å²) < 4.78 is 5.50. The van der Waals surface area contributed by atoms with E-state index in [0.29, 0.717) is 11.6 Å². The molecule has 0 fully saturated rings. The molecule has 5 heteroatoms. The lowest BCUT2D eigenvalue weighted by molar-refractivity contribution is -0.118. The van der Waals surface area contributed by atoms with Crippen LogP contribution < -0.4 is 10.1 Å². The second kappa shape index (κ2) is 5.95. The van der Waals surface area contributed by atoms with Crippen LogP contribution in [0.5, 0.6) is 11.6 Å². The molecule has 2 aromatic rings. The van der Waals surface area contributed by atoms with Crippen molar-refractivity contribution in [1.82, 2.24) is 9.97 Å². The minimum atomic E-state index is -0.0458. The summed E-state index contributed by atoms with van der Waals surface area (Å²) >= 11 is 0. The molecule has 1 aromatic carbocycles. The van der Waals surface area contributed by atoms with Crippen LogP contribution in [0.15, 0.2) is 42.9 Å². The molecule has 0 saturated carbocycles. The fraction of sp³-hybridized carbons (Fsp3) is 0.214. The fourth-order valence-electron chi connectivity index (χ4n) is 1.35. The molecule has 0 radical (unpaired) electrons. The Kier molecular flexibility index (Phi) is 4.07. The number of anilines is 1. The largest absolute Gasteiger partial charge is 0.438 e. The number of carbonyl (C=O) groups is 1. The third-order valence-electron chi connectivity index (χ3n) is 2.41. The van der Waals surface area contributed by atoms with Crippen LogP contribution in [0.3, 0.4) is 0 Å². The maximum absolute atomic E-state index is 11.5. The van der Waals surface area contributed by atoms with Gasteiger partial charge in [0, 0.05) is 24.0 Å². The highest BCUT2D eigenvalue weighted by molar-refractivity contribution is 5.92. The number of nitrogens with one attached hydrogen (secondary N) is 1. The molecule has 2 rings (SSSR count). The second-order valence-corrected chi connectivity index (χ2v) is 4.31. The van der Waals surface area contributed by atoms with Gasteiger partial charge in [-0.3, -0.25) is 9.78 Å². The number of rotatable bonds is 4. The number of benzene rings is 1. The Bertz CT molecular complexity index is 538. The van der Waals surface area contributed by atoms with E-state index in [-0.39, 0.29) is 11.8 Å². The highest BCUT2D eigenvalue weighted by Crippen LogP contribution is 2.20. The highest BCUT2D eigenvalue weighted by Gasteiger charge is 2.07. The maximum Gasteiger partial charge on any atom is 0.237 e. The van der Waals surface area contributed by atoms with Gasteiger partial charge in [0.15, 0.2) is 0 Å². The summed E-state index contributed by atoms with van der Waals surface area (Å²) in [7, 11) is 0. The first kappa shape index (κ1) is 13.0. The Labute approximate surface area is 111 Å². The smallest absolute Gasteiger partial charge is 0.237 e. The minimum absolute atomic E-state index is 0.0115. The van der Waals surface area contributed by atoms with Crippen LogP contribution >= 0.6 is 0 Å². The van der Waals surface area contributed by atoms with Gasteiger partial charge in [0.25, 0.3) is 0 Å². The van der Waals surface area contributed by atoms with Crippen molar-refractivity contribution in [1.29, 1.82) is 0 Å². The second-order valence-electron chi connectivity index (χ2n) is 4.31. The third kappa shape index (κ3) is 3.77. The Morgan fingerprint density at radius 3 is 2.53 bits per heavy atom. The van der Waals surface area contributed by atoms with Gasteiger partial charge in [-0.2, -0.15) is 0 Å². The molecule has 1 aromatic heterocycles. The molecule has 0 saturated heterocycles. The summed E-state index contributed by atoms with van der Waals surface area (Å²) in [6.07, 6.45) is 4.68. The summed E-state index contributed by atoms with van der Waals surface area (Å²) in [6, 6.07) is 7.10. The molecular weight excluding hydrogens is 242 g/mol. The van der Waals surface area contributed by atoms with E-state index in [9.17, 15) is 4.79 Å². The molecule has 0 aliphatic carbocycles. The Morgan fingerprint density at radius 1 is 1.21 bits per heavy atom. The predicted molar refractivity (Wildman–Crippen MR) is 72.0 cm³/mol. The van der Waals surface area contributed by atoms with Crippen molar-refractivity contribution in [2.45, 2.75) is 13.8 Å². The van der Waals surface area contributed by atoms with E-state index in [1.54, 1.807) is 36.7 Å². The zero-order chi connectivity index (χ0) is 13.7. The monoisotopic (exact) mass is 257 g/mol. The molecule has 0 aliphatic heterocycles. The first-order valence-electron chi connectivity index (χ1n) is 6.00. The fourth-order valence-corrected chi connectivity index (χ4v) is 1.35. The van der Waals surface area contributed by atoms with Crippen LogP contribution in [0.4, 0.5) is 5.69 Å². The molecule has 98 valence electrons. The normalized spacial score (nSPS) is 10.3. The van der Waals surface area contributed by atoms with E-state index >= 15 is 0 Å². The van der Waals surface area contributed by atoms with Gasteiger partial charge < -0.3 is 10.1 Å². The lowest BCUT2D eigenvalue weighted by Crippen LogP contribution is -2.17. The van der Waals surface area contributed by atoms with Crippen molar-refractivity contribution in [3.8, 4) is 11.6 Å². The van der Waals surface area contributed by atoms with Gasteiger partial charge in [-0.25, -0.2) is 4.98 Å². The molecule has 0 spiro atoms.